The molecule has 7 nitrogen and oxygen atoms in total. The topological polar surface area (TPSA) is 124 Å². The van der Waals surface area contributed by atoms with E-state index < -0.39 is 27.8 Å². The number of aromatic nitrogens is 2. The van der Waals surface area contributed by atoms with Gasteiger partial charge in [-0.1, -0.05) is 79.3 Å². The van der Waals surface area contributed by atoms with Crippen LogP contribution in [0, 0.1) is 0 Å². The van der Waals surface area contributed by atoms with Crippen LogP contribution >= 0.6 is 15.8 Å². The summed E-state index contributed by atoms with van der Waals surface area (Å²) >= 11 is 0. The molecule has 0 spiro atoms. The first kappa shape index (κ1) is 40.4. The van der Waals surface area contributed by atoms with E-state index in [1.165, 1.54) is 40.0 Å². The number of nitrogens with zero attached hydrogens (tertiary/aromatic N) is 2. The maximum Gasteiger partial charge on any atom is 1.00 e. The van der Waals surface area contributed by atoms with Gasteiger partial charge in [-0.3, -0.25) is 9.59 Å². The third-order valence-corrected chi connectivity index (χ3v) is 11.9. The molecule has 0 aliphatic heterocycles. The van der Waals surface area contributed by atoms with Gasteiger partial charge in [0.25, 0.3) is 11.9 Å². The van der Waals surface area contributed by atoms with Crippen molar-refractivity contribution in [3.63, 3.8) is 0 Å². The van der Waals surface area contributed by atoms with Crippen molar-refractivity contribution in [1.82, 2.24) is 9.97 Å². The standard InChI is InChI=1S/C27H26P2.C5H6N3.2C2H4O2.Ru/c1-5-14-24(15-6-1)28(25-16-7-2-8-17-25)22-13-23-29(26-18-9-3-10-19-26)27-20-11-4-12-21-27;6-4-5-7-2-1-3-8-5;2*1-2(3)4;/h1-12,14-21H,13,22-23H2;1-3,6H,4H2;2*1H3,(H,3,4);/q;-1;;;+1/p+2. The molecule has 10 heteroatoms. The number of benzene rings is 4. The smallest absolute Gasteiger partial charge is 0.671 e. The fraction of sp³-hybridized carbons (Fsp3) is 0.167. The maximum atomic E-state index is 9.00. The molecule has 0 aliphatic rings. The van der Waals surface area contributed by atoms with E-state index in [0.29, 0.717) is 5.82 Å². The molecule has 0 saturated heterocycles. The second-order valence-electron chi connectivity index (χ2n) is 9.65. The van der Waals surface area contributed by atoms with E-state index in [1.54, 1.807) is 18.5 Å². The summed E-state index contributed by atoms with van der Waals surface area (Å²) in [6.07, 6.45) is 7.11. The number of aliphatic carboxylic acids is 2. The van der Waals surface area contributed by atoms with Crippen molar-refractivity contribution >= 4 is 49.0 Å². The summed E-state index contributed by atoms with van der Waals surface area (Å²) in [6.45, 7) is 2.33. The molecule has 0 unspecified atom stereocenters. The fourth-order valence-corrected chi connectivity index (χ4v) is 9.95. The van der Waals surface area contributed by atoms with Crippen LogP contribution in [0.3, 0.4) is 0 Å². The Morgan fingerprint density at radius 3 is 1.04 bits per heavy atom. The van der Waals surface area contributed by atoms with Gasteiger partial charge >= 0.3 is 19.5 Å². The van der Waals surface area contributed by atoms with Crippen molar-refractivity contribution in [3.05, 3.63) is 151 Å². The van der Waals surface area contributed by atoms with E-state index >= 15 is 0 Å². The van der Waals surface area contributed by atoms with E-state index in [0.717, 1.165) is 13.8 Å². The summed E-state index contributed by atoms with van der Waals surface area (Å²) in [5.74, 6) is -1.09. The minimum Gasteiger partial charge on any atom is -0.671 e. The number of carbonyl (C=O) groups is 2. The second-order valence-corrected chi connectivity index (χ2v) is 14.9. The Hall–Kier alpha value is -3.66. The third-order valence-electron chi connectivity index (χ3n) is 6.12. The molecule has 0 bridgehead atoms. The second kappa shape index (κ2) is 24.6. The van der Waals surface area contributed by atoms with Gasteiger partial charge in [-0.15, -0.1) is 0 Å². The Bertz CT molecular complexity index is 1310. The minimum atomic E-state index is -0.833. The summed E-state index contributed by atoms with van der Waals surface area (Å²) in [6, 6.07) is 46.3. The maximum absolute atomic E-state index is 9.00. The Morgan fingerprint density at radius 2 is 0.826 bits per heavy atom. The fourth-order valence-electron chi connectivity index (χ4n) is 4.33. The Kier molecular flexibility index (Phi) is 21.6. The molecule has 0 saturated carbocycles. The first-order valence-electron chi connectivity index (χ1n) is 14.5. The number of carboxylic acids is 2. The normalized spacial score (nSPS) is 9.67. The van der Waals surface area contributed by atoms with Crippen molar-refractivity contribution in [1.29, 1.82) is 0 Å². The van der Waals surface area contributed by atoms with Crippen molar-refractivity contribution in [3.8, 4) is 0 Å². The molecule has 5 aromatic rings. The predicted octanol–water partition coefficient (Wildman–Crippen LogP) is 6.32. The number of hydrogen-bond donors (Lipinski definition) is 2. The number of carboxylic acid groups (broad SMARTS) is 2. The van der Waals surface area contributed by atoms with Crippen molar-refractivity contribution in [2.75, 3.05) is 12.3 Å². The van der Waals surface area contributed by atoms with Crippen LogP contribution in [0.25, 0.3) is 5.73 Å². The largest absolute Gasteiger partial charge is 1.00 e. The first-order valence-corrected chi connectivity index (χ1v) is 18.0. The molecule has 5 rings (SSSR count). The van der Waals surface area contributed by atoms with Gasteiger partial charge in [0.15, 0.2) is 0 Å². The zero-order chi connectivity index (χ0) is 32.7. The van der Waals surface area contributed by atoms with Gasteiger partial charge < -0.3 is 15.9 Å². The van der Waals surface area contributed by atoms with E-state index in [2.05, 4.69) is 131 Å². The molecule has 0 atom stereocenters. The molecule has 1 heterocycles. The molecule has 1 aromatic heterocycles. The monoisotopic (exact) mass is 744 g/mol. The van der Waals surface area contributed by atoms with Crippen molar-refractivity contribution < 1.29 is 39.3 Å². The van der Waals surface area contributed by atoms with Crippen LogP contribution in [0.4, 0.5) is 0 Å². The Morgan fingerprint density at radius 1 is 0.565 bits per heavy atom. The van der Waals surface area contributed by atoms with Gasteiger partial charge in [-0.25, -0.2) is 9.97 Å². The van der Waals surface area contributed by atoms with Crippen LogP contribution in [0.2, 0.25) is 0 Å². The van der Waals surface area contributed by atoms with Crippen LogP contribution in [-0.4, -0.2) is 44.4 Å². The first-order chi connectivity index (χ1) is 21.8. The van der Waals surface area contributed by atoms with Crippen LogP contribution in [0.1, 0.15) is 26.1 Å². The molecular weight excluding hydrogens is 701 g/mol. The molecule has 0 amide bonds. The molecule has 241 valence electrons. The van der Waals surface area contributed by atoms with Gasteiger partial charge in [-0.05, 0) is 54.6 Å². The van der Waals surface area contributed by atoms with Crippen LogP contribution in [-0.2, 0) is 35.6 Å². The summed E-state index contributed by atoms with van der Waals surface area (Å²) in [5.41, 5.74) is 6.82. The van der Waals surface area contributed by atoms with Gasteiger partial charge in [0.2, 0.25) is 0 Å². The number of hydrogen-bond acceptors (Lipinski definition) is 4. The summed E-state index contributed by atoms with van der Waals surface area (Å²) < 4.78 is 0. The van der Waals surface area contributed by atoms with Crippen LogP contribution in [0.5, 0.6) is 0 Å². The van der Waals surface area contributed by atoms with Gasteiger partial charge in [0.05, 0.1) is 49.4 Å². The number of rotatable bonds is 9. The summed E-state index contributed by atoms with van der Waals surface area (Å²) in [4.78, 5) is 25.6. The molecule has 1 radical (unpaired) electrons. The average molecular weight is 744 g/mol. The van der Waals surface area contributed by atoms with E-state index in [4.69, 9.17) is 25.5 Å². The van der Waals surface area contributed by atoms with Crippen LogP contribution < -0.4 is 21.2 Å². The van der Waals surface area contributed by atoms with Gasteiger partial charge in [-0.2, -0.15) is 0 Å². The molecule has 3 N–H and O–H groups in total. The Balaban J connectivity index is 0.000000514. The molecule has 4 aromatic carbocycles. The zero-order valence-corrected chi connectivity index (χ0v) is 29.8. The summed E-state index contributed by atoms with van der Waals surface area (Å²) in [5, 5.41) is 20.9. The van der Waals surface area contributed by atoms with Crippen molar-refractivity contribution in [2.24, 2.45) is 0 Å². The third kappa shape index (κ3) is 17.1. The summed E-state index contributed by atoms with van der Waals surface area (Å²) in [7, 11) is -1.48. The SMILES string of the molecule is CC(=O)O.CC(=O)O.[NH-]Cc1ncccn1.[Ru+].c1ccc([PH+](CCC[PH+](c2ccccc2)c2ccccc2)c2ccccc2)cc1. The zero-order valence-electron chi connectivity index (χ0n) is 26.1. The van der Waals surface area contributed by atoms with E-state index in [1.807, 2.05) is 0 Å². The van der Waals surface area contributed by atoms with Crippen molar-refractivity contribution in [2.45, 2.75) is 26.8 Å². The van der Waals surface area contributed by atoms with Gasteiger partial charge in [0.1, 0.15) is 5.82 Å². The molecule has 46 heavy (non-hydrogen) atoms. The van der Waals surface area contributed by atoms with E-state index in [9.17, 15) is 0 Å². The quantitative estimate of drug-likeness (QED) is 0.135. The van der Waals surface area contributed by atoms with Crippen LogP contribution in [0.15, 0.2) is 140 Å². The molecule has 0 fully saturated rings. The number of nitrogens with one attached hydrogen (secondary N) is 1. The van der Waals surface area contributed by atoms with Gasteiger partial charge in [0, 0.05) is 32.7 Å². The minimum absolute atomic E-state index is 0. The molecular formula is C36H42N3O4P2Ru+2. The van der Waals surface area contributed by atoms with E-state index in [-0.39, 0.29) is 26.0 Å². The predicted molar refractivity (Wildman–Crippen MR) is 192 cm³/mol. The average Bonchev–Trinajstić information content (AvgIpc) is 3.07. The molecule has 0 aliphatic carbocycles. The Labute approximate surface area is 287 Å².